The Hall–Kier alpha value is -1.36. The van der Waals surface area contributed by atoms with Gasteiger partial charge < -0.3 is 15.5 Å². The zero-order valence-electron chi connectivity index (χ0n) is 7.04. The summed E-state index contributed by atoms with van der Waals surface area (Å²) in [6.07, 6.45) is 1.02. The van der Waals surface area contributed by atoms with E-state index in [1.54, 1.807) is 0 Å². The van der Waals surface area contributed by atoms with E-state index < -0.39 is 17.5 Å². The largest absolute Gasteiger partial charge is 0.477 e. The fourth-order valence-corrected chi connectivity index (χ4v) is 1.37. The van der Waals surface area contributed by atoms with Gasteiger partial charge in [0.1, 0.15) is 5.57 Å². The minimum atomic E-state index is -1.34. The predicted molar refractivity (Wildman–Crippen MR) is 44.4 cm³/mol. The molecule has 0 aromatic carbocycles. The molecule has 1 saturated heterocycles. The third-order valence-electron chi connectivity index (χ3n) is 1.99. The first-order chi connectivity index (χ1) is 6.13. The Balaban J connectivity index is 2.93. The van der Waals surface area contributed by atoms with Gasteiger partial charge in [-0.05, 0) is 31.5 Å². The normalized spacial score (nSPS) is 16.8. The lowest BCUT2D eigenvalue weighted by Gasteiger charge is -2.16. The van der Waals surface area contributed by atoms with Gasteiger partial charge in [-0.25, -0.2) is 9.59 Å². The lowest BCUT2D eigenvalue weighted by atomic mass is 9.99. The Morgan fingerprint density at radius 2 is 1.54 bits per heavy atom. The summed E-state index contributed by atoms with van der Waals surface area (Å²) in [6.45, 7) is 1.30. The van der Waals surface area contributed by atoms with Crippen molar-refractivity contribution in [3.63, 3.8) is 0 Å². The van der Waals surface area contributed by atoms with Gasteiger partial charge in [-0.15, -0.1) is 0 Å². The van der Waals surface area contributed by atoms with Gasteiger partial charge in [-0.1, -0.05) is 0 Å². The lowest BCUT2D eigenvalue weighted by Crippen LogP contribution is -2.26. The number of carboxylic acids is 2. The molecule has 0 bridgehead atoms. The van der Waals surface area contributed by atoms with E-state index in [4.69, 9.17) is 10.2 Å². The smallest absolute Gasteiger partial charge is 0.343 e. The van der Waals surface area contributed by atoms with E-state index in [2.05, 4.69) is 5.32 Å². The highest BCUT2D eigenvalue weighted by Gasteiger charge is 2.22. The molecule has 3 N–H and O–H groups in total. The minimum absolute atomic E-state index is 0.457. The number of carbonyl (C=O) groups is 2. The van der Waals surface area contributed by atoms with Crippen LogP contribution in [0.4, 0.5) is 0 Å². The molecule has 5 heteroatoms. The van der Waals surface area contributed by atoms with Gasteiger partial charge in [0, 0.05) is 0 Å². The number of rotatable bonds is 2. The van der Waals surface area contributed by atoms with Gasteiger partial charge in [-0.2, -0.15) is 0 Å². The van der Waals surface area contributed by atoms with Crippen molar-refractivity contribution in [2.75, 3.05) is 13.1 Å². The van der Waals surface area contributed by atoms with E-state index in [1.165, 1.54) is 0 Å². The van der Waals surface area contributed by atoms with Crippen LogP contribution in [0.1, 0.15) is 12.8 Å². The first-order valence-corrected chi connectivity index (χ1v) is 4.02. The van der Waals surface area contributed by atoms with Crippen LogP contribution < -0.4 is 5.32 Å². The van der Waals surface area contributed by atoms with Crippen LogP contribution in [0.3, 0.4) is 0 Å². The standard InChI is InChI=1S/C8H11NO4/c10-7(11)6(8(12)13)5-1-3-9-4-2-5/h9H,1-4H2,(H,10,11)(H,12,13). The summed E-state index contributed by atoms with van der Waals surface area (Å²) in [5.74, 6) is -2.69. The van der Waals surface area contributed by atoms with E-state index in [0.717, 1.165) is 0 Å². The van der Waals surface area contributed by atoms with Crippen LogP contribution >= 0.6 is 0 Å². The molecule has 1 rings (SSSR count). The third-order valence-corrected chi connectivity index (χ3v) is 1.99. The SMILES string of the molecule is O=C(O)C(C(=O)O)=C1CCNCC1. The summed E-state index contributed by atoms with van der Waals surface area (Å²) in [5, 5.41) is 20.3. The Morgan fingerprint density at radius 1 is 1.08 bits per heavy atom. The van der Waals surface area contributed by atoms with E-state index >= 15 is 0 Å². The first kappa shape index (κ1) is 9.73. The number of nitrogens with one attached hydrogen (secondary N) is 1. The van der Waals surface area contributed by atoms with Gasteiger partial charge in [0.2, 0.25) is 0 Å². The van der Waals surface area contributed by atoms with Crippen LogP contribution in [0.15, 0.2) is 11.1 Å². The Bertz CT molecular complexity index is 245. The topological polar surface area (TPSA) is 86.6 Å². The maximum absolute atomic E-state index is 10.6. The molecule has 0 spiro atoms. The van der Waals surface area contributed by atoms with Gasteiger partial charge in [0.05, 0.1) is 0 Å². The zero-order chi connectivity index (χ0) is 9.84. The number of hydrogen-bond donors (Lipinski definition) is 3. The molecule has 1 aliphatic heterocycles. The van der Waals surface area contributed by atoms with Crippen molar-refractivity contribution in [1.29, 1.82) is 0 Å². The minimum Gasteiger partial charge on any atom is -0.477 e. The molecular weight excluding hydrogens is 174 g/mol. The summed E-state index contributed by atoms with van der Waals surface area (Å²) in [7, 11) is 0. The summed E-state index contributed by atoms with van der Waals surface area (Å²) in [5.41, 5.74) is 0.0697. The fourth-order valence-electron chi connectivity index (χ4n) is 1.37. The molecule has 13 heavy (non-hydrogen) atoms. The summed E-state index contributed by atoms with van der Waals surface area (Å²) in [6, 6.07) is 0. The summed E-state index contributed by atoms with van der Waals surface area (Å²) in [4.78, 5) is 21.2. The molecule has 0 radical (unpaired) electrons. The van der Waals surface area contributed by atoms with Gasteiger partial charge >= 0.3 is 11.9 Å². The fraction of sp³-hybridized carbons (Fsp3) is 0.500. The van der Waals surface area contributed by atoms with E-state index in [-0.39, 0.29) is 0 Å². The van der Waals surface area contributed by atoms with Gasteiger partial charge in [0.15, 0.2) is 0 Å². The van der Waals surface area contributed by atoms with Crippen molar-refractivity contribution in [2.24, 2.45) is 0 Å². The second-order valence-corrected chi connectivity index (χ2v) is 2.84. The zero-order valence-corrected chi connectivity index (χ0v) is 7.04. The molecule has 0 saturated carbocycles. The van der Waals surface area contributed by atoms with Crippen molar-refractivity contribution in [1.82, 2.24) is 5.32 Å². The Morgan fingerprint density at radius 3 is 1.92 bits per heavy atom. The van der Waals surface area contributed by atoms with Gasteiger partial charge in [-0.3, -0.25) is 0 Å². The van der Waals surface area contributed by atoms with Crippen molar-refractivity contribution < 1.29 is 19.8 Å². The van der Waals surface area contributed by atoms with Crippen molar-refractivity contribution in [2.45, 2.75) is 12.8 Å². The molecule has 0 aromatic rings. The second-order valence-electron chi connectivity index (χ2n) is 2.84. The lowest BCUT2D eigenvalue weighted by molar-refractivity contribution is -0.140. The first-order valence-electron chi connectivity index (χ1n) is 4.02. The Kier molecular flexibility index (Phi) is 3.02. The molecule has 72 valence electrons. The van der Waals surface area contributed by atoms with Crippen LogP contribution in [-0.4, -0.2) is 35.2 Å². The molecule has 0 atom stereocenters. The highest BCUT2D eigenvalue weighted by molar-refractivity contribution is 6.13. The molecule has 0 aromatic heterocycles. The number of piperidine rings is 1. The number of hydrogen-bond acceptors (Lipinski definition) is 3. The average molecular weight is 185 g/mol. The van der Waals surface area contributed by atoms with E-state index in [9.17, 15) is 9.59 Å². The van der Waals surface area contributed by atoms with Crippen molar-refractivity contribution >= 4 is 11.9 Å². The number of aliphatic carboxylic acids is 2. The maximum Gasteiger partial charge on any atom is 0.343 e. The maximum atomic E-state index is 10.6. The Labute approximate surface area is 75.1 Å². The molecule has 1 fully saturated rings. The van der Waals surface area contributed by atoms with E-state index in [1.807, 2.05) is 0 Å². The van der Waals surface area contributed by atoms with E-state index in [0.29, 0.717) is 31.5 Å². The number of carboxylic acid groups (broad SMARTS) is 2. The van der Waals surface area contributed by atoms with Crippen LogP contribution in [0.5, 0.6) is 0 Å². The van der Waals surface area contributed by atoms with Crippen molar-refractivity contribution in [3.05, 3.63) is 11.1 Å². The quantitative estimate of drug-likeness (QED) is 0.316. The van der Waals surface area contributed by atoms with Crippen LogP contribution in [0, 0.1) is 0 Å². The monoisotopic (exact) mass is 185 g/mol. The van der Waals surface area contributed by atoms with Crippen LogP contribution in [0.25, 0.3) is 0 Å². The highest BCUT2D eigenvalue weighted by Crippen LogP contribution is 2.16. The molecular formula is C8H11NO4. The molecule has 0 aliphatic carbocycles. The average Bonchev–Trinajstić information content (AvgIpc) is 2.04. The van der Waals surface area contributed by atoms with Crippen LogP contribution in [-0.2, 0) is 9.59 Å². The summed E-state index contributed by atoms with van der Waals surface area (Å²) < 4.78 is 0. The molecule has 0 unspecified atom stereocenters. The van der Waals surface area contributed by atoms with Gasteiger partial charge in [0.25, 0.3) is 0 Å². The highest BCUT2D eigenvalue weighted by atomic mass is 16.4. The predicted octanol–water partition coefficient (Wildman–Crippen LogP) is -0.164. The third kappa shape index (κ3) is 2.29. The summed E-state index contributed by atoms with van der Waals surface area (Å²) >= 11 is 0. The van der Waals surface area contributed by atoms with Crippen LogP contribution in [0.2, 0.25) is 0 Å². The molecule has 1 heterocycles. The second kappa shape index (κ2) is 4.04. The molecule has 0 amide bonds. The molecule has 5 nitrogen and oxygen atoms in total. The molecule has 1 aliphatic rings. The van der Waals surface area contributed by atoms with Crippen molar-refractivity contribution in [3.8, 4) is 0 Å².